The molecule has 130 valence electrons. The molecule has 0 radical (unpaired) electrons. The minimum Gasteiger partial charge on any atom is -0.475 e. The average molecular weight is 324 g/mol. The van der Waals surface area contributed by atoms with Gasteiger partial charge >= 0.3 is 0 Å². The van der Waals surface area contributed by atoms with Gasteiger partial charge in [-0.05, 0) is 32.8 Å². The Hall–Kier alpha value is -1.66. The molecule has 1 amide bonds. The van der Waals surface area contributed by atoms with Crippen LogP contribution in [0.1, 0.15) is 40.5 Å². The van der Waals surface area contributed by atoms with E-state index in [4.69, 9.17) is 14.2 Å². The van der Waals surface area contributed by atoms with E-state index in [1.807, 2.05) is 20.8 Å². The van der Waals surface area contributed by atoms with Crippen LogP contribution in [0, 0.1) is 0 Å². The third kappa shape index (κ3) is 6.54. The highest BCUT2D eigenvalue weighted by Gasteiger charge is 2.32. The highest BCUT2D eigenvalue weighted by Crippen LogP contribution is 2.19. The summed E-state index contributed by atoms with van der Waals surface area (Å²) in [6.07, 6.45) is 3.05. The molecule has 0 aliphatic rings. The standard InChI is InChI=1S/C17H28N2O4/c1-5-10-23-17(4,6-2)16(20)19-14-8-9-15(18-13-14)22-12-11-21-7-3/h8-9,13H,5-7,10-12H2,1-4H3,(H,19,20). The van der Waals surface area contributed by atoms with E-state index in [1.165, 1.54) is 0 Å². The number of pyridine rings is 1. The monoisotopic (exact) mass is 324 g/mol. The van der Waals surface area contributed by atoms with Crippen molar-refractivity contribution in [3.8, 4) is 5.88 Å². The van der Waals surface area contributed by atoms with Gasteiger partial charge in [-0.3, -0.25) is 4.79 Å². The number of hydrogen-bond acceptors (Lipinski definition) is 5. The van der Waals surface area contributed by atoms with Gasteiger partial charge in [-0.1, -0.05) is 13.8 Å². The van der Waals surface area contributed by atoms with Crippen molar-refractivity contribution in [3.05, 3.63) is 18.3 Å². The summed E-state index contributed by atoms with van der Waals surface area (Å²) in [5.41, 5.74) is -0.213. The quantitative estimate of drug-likeness (QED) is 0.634. The SMILES string of the molecule is CCCOC(C)(CC)C(=O)Nc1ccc(OCCOCC)nc1. The van der Waals surface area contributed by atoms with Crippen molar-refractivity contribution >= 4 is 11.6 Å². The number of amides is 1. The van der Waals surface area contributed by atoms with E-state index in [9.17, 15) is 4.79 Å². The minimum absolute atomic E-state index is 0.166. The van der Waals surface area contributed by atoms with Gasteiger partial charge in [0.05, 0.1) is 18.5 Å². The van der Waals surface area contributed by atoms with Gasteiger partial charge in [0.2, 0.25) is 5.88 Å². The molecule has 1 N–H and O–H groups in total. The summed E-state index contributed by atoms with van der Waals surface area (Å²) in [6.45, 7) is 9.89. The van der Waals surface area contributed by atoms with Gasteiger partial charge in [-0.2, -0.15) is 0 Å². The Morgan fingerprint density at radius 1 is 1.22 bits per heavy atom. The van der Waals surface area contributed by atoms with Crippen molar-refractivity contribution < 1.29 is 19.0 Å². The van der Waals surface area contributed by atoms with Crippen LogP contribution in [0.4, 0.5) is 5.69 Å². The van der Waals surface area contributed by atoms with Crippen molar-refractivity contribution in [3.63, 3.8) is 0 Å². The molecule has 6 nitrogen and oxygen atoms in total. The molecule has 1 unspecified atom stereocenters. The molecule has 1 aromatic rings. The number of carbonyl (C=O) groups is 1. The summed E-state index contributed by atoms with van der Waals surface area (Å²) in [6, 6.07) is 3.48. The first kappa shape index (κ1) is 19.4. The Balaban J connectivity index is 2.54. The van der Waals surface area contributed by atoms with Gasteiger partial charge in [0, 0.05) is 19.3 Å². The van der Waals surface area contributed by atoms with E-state index < -0.39 is 5.60 Å². The molecule has 0 aromatic carbocycles. The second-order valence-corrected chi connectivity index (χ2v) is 5.32. The summed E-state index contributed by atoms with van der Waals surface area (Å²) in [4.78, 5) is 16.6. The minimum atomic E-state index is -0.831. The highest BCUT2D eigenvalue weighted by atomic mass is 16.5. The molecule has 1 atom stereocenters. The molecule has 0 spiro atoms. The molecule has 1 aromatic heterocycles. The van der Waals surface area contributed by atoms with Crippen molar-refractivity contribution in [1.29, 1.82) is 0 Å². The molecule has 23 heavy (non-hydrogen) atoms. The highest BCUT2D eigenvalue weighted by molar-refractivity contribution is 5.96. The molecule has 0 saturated carbocycles. The summed E-state index contributed by atoms with van der Waals surface area (Å²) in [5, 5.41) is 2.84. The van der Waals surface area contributed by atoms with Crippen LogP contribution < -0.4 is 10.1 Å². The molecule has 0 saturated heterocycles. The van der Waals surface area contributed by atoms with Crippen molar-refractivity contribution in [2.45, 2.75) is 46.1 Å². The first-order chi connectivity index (χ1) is 11.1. The number of hydrogen-bond donors (Lipinski definition) is 1. The lowest BCUT2D eigenvalue weighted by Gasteiger charge is -2.27. The molecular weight excluding hydrogens is 296 g/mol. The molecule has 0 aliphatic heterocycles. The smallest absolute Gasteiger partial charge is 0.256 e. The normalized spacial score (nSPS) is 13.4. The summed E-state index contributed by atoms with van der Waals surface area (Å²) < 4.78 is 16.3. The number of anilines is 1. The fraction of sp³-hybridized carbons (Fsp3) is 0.647. The Bertz CT molecular complexity index is 464. The lowest BCUT2D eigenvalue weighted by atomic mass is 10.0. The Morgan fingerprint density at radius 3 is 2.57 bits per heavy atom. The summed E-state index contributed by atoms with van der Waals surface area (Å²) >= 11 is 0. The van der Waals surface area contributed by atoms with E-state index in [0.29, 0.717) is 44.4 Å². The van der Waals surface area contributed by atoms with Crippen LogP contribution in [0.5, 0.6) is 5.88 Å². The zero-order valence-electron chi connectivity index (χ0n) is 14.6. The van der Waals surface area contributed by atoms with E-state index >= 15 is 0 Å². The molecular formula is C17H28N2O4. The molecule has 1 heterocycles. The third-order valence-electron chi connectivity index (χ3n) is 3.46. The zero-order valence-corrected chi connectivity index (χ0v) is 14.6. The number of aromatic nitrogens is 1. The Kier molecular flexibility index (Phi) is 8.58. The number of rotatable bonds is 11. The molecule has 0 fully saturated rings. The van der Waals surface area contributed by atoms with Crippen LogP contribution in [-0.2, 0) is 14.3 Å². The predicted molar refractivity (Wildman–Crippen MR) is 89.8 cm³/mol. The van der Waals surface area contributed by atoms with Crippen molar-refractivity contribution in [1.82, 2.24) is 4.98 Å². The van der Waals surface area contributed by atoms with E-state index in [-0.39, 0.29) is 5.91 Å². The predicted octanol–water partition coefficient (Wildman–Crippen LogP) is 3.03. The Labute approximate surface area is 138 Å². The van der Waals surface area contributed by atoms with E-state index in [2.05, 4.69) is 10.3 Å². The van der Waals surface area contributed by atoms with Gasteiger partial charge in [-0.15, -0.1) is 0 Å². The van der Waals surface area contributed by atoms with Gasteiger partial charge in [0.15, 0.2) is 0 Å². The molecule has 6 heteroatoms. The van der Waals surface area contributed by atoms with Crippen molar-refractivity contribution in [2.24, 2.45) is 0 Å². The molecule has 0 bridgehead atoms. The summed E-state index contributed by atoms with van der Waals surface area (Å²) in [5.74, 6) is 0.337. The number of ether oxygens (including phenoxy) is 3. The largest absolute Gasteiger partial charge is 0.475 e. The maximum atomic E-state index is 12.4. The topological polar surface area (TPSA) is 69.7 Å². The second kappa shape index (κ2) is 10.2. The molecule has 1 rings (SSSR count). The number of nitrogens with one attached hydrogen (secondary N) is 1. The zero-order chi connectivity index (χ0) is 17.1. The second-order valence-electron chi connectivity index (χ2n) is 5.32. The van der Waals surface area contributed by atoms with Crippen molar-refractivity contribution in [2.75, 3.05) is 31.7 Å². The van der Waals surface area contributed by atoms with E-state index in [1.54, 1.807) is 25.3 Å². The van der Waals surface area contributed by atoms with Gasteiger partial charge in [0.25, 0.3) is 5.91 Å². The first-order valence-electron chi connectivity index (χ1n) is 8.17. The van der Waals surface area contributed by atoms with Gasteiger partial charge in [-0.25, -0.2) is 4.98 Å². The van der Waals surface area contributed by atoms with E-state index in [0.717, 1.165) is 6.42 Å². The average Bonchev–Trinajstić information content (AvgIpc) is 2.58. The lowest BCUT2D eigenvalue weighted by molar-refractivity contribution is -0.139. The van der Waals surface area contributed by atoms with Crippen LogP contribution in [0.3, 0.4) is 0 Å². The van der Waals surface area contributed by atoms with Gasteiger partial charge in [0.1, 0.15) is 12.2 Å². The van der Waals surface area contributed by atoms with Crippen LogP contribution in [0.2, 0.25) is 0 Å². The third-order valence-corrected chi connectivity index (χ3v) is 3.46. The molecule has 0 aliphatic carbocycles. The maximum Gasteiger partial charge on any atom is 0.256 e. The van der Waals surface area contributed by atoms with Crippen LogP contribution in [0.25, 0.3) is 0 Å². The first-order valence-corrected chi connectivity index (χ1v) is 8.17. The number of nitrogens with zero attached hydrogens (tertiary/aromatic N) is 1. The fourth-order valence-electron chi connectivity index (χ4n) is 1.81. The van der Waals surface area contributed by atoms with Gasteiger partial charge < -0.3 is 19.5 Å². The maximum absolute atomic E-state index is 12.4. The van der Waals surface area contributed by atoms with Crippen LogP contribution in [0.15, 0.2) is 18.3 Å². The lowest BCUT2D eigenvalue weighted by Crippen LogP contribution is -2.42. The van der Waals surface area contributed by atoms with Crippen LogP contribution in [-0.4, -0.2) is 42.9 Å². The summed E-state index contributed by atoms with van der Waals surface area (Å²) in [7, 11) is 0. The number of carbonyl (C=O) groups excluding carboxylic acids is 1. The van der Waals surface area contributed by atoms with Crippen LogP contribution >= 0.6 is 0 Å². The Morgan fingerprint density at radius 2 is 2.00 bits per heavy atom. The fourth-order valence-corrected chi connectivity index (χ4v) is 1.81.